The van der Waals surface area contributed by atoms with Crippen LogP contribution in [-0.4, -0.2) is 24.1 Å². The van der Waals surface area contributed by atoms with Crippen LogP contribution in [0, 0.1) is 5.92 Å². The average molecular weight is 262 g/mol. The first-order valence-corrected chi connectivity index (χ1v) is 6.48. The Hall–Kier alpha value is -1.88. The summed E-state index contributed by atoms with van der Waals surface area (Å²) in [5, 5.41) is 11.3. The van der Waals surface area contributed by atoms with Crippen molar-refractivity contribution in [1.82, 2.24) is 10.8 Å². The molecule has 0 saturated carbocycles. The van der Waals surface area contributed by atoms with Gasteiger partial charge in [0, 0.05) is 12.1 Å². The summed E-state index contributed by atoms with van der Waals surface area (Å²) in [6.07, 6.45) is 4.71. The summed E-state index contributed by atoms with van der Waals surface area (Å²) in [5.74, 6) is 0.0555. The molecule has 1 aromatic rings. The minimum atomic E-state index is -0.479. The van der Waals surface area contributed by atoms with Crippen molar-refractivity contribution in [3.63, 3.8) is 0 Å². The second-order valence-electron chi connectivity index (χ2n) is 4.89. The molecule has 5 nitrogen and oxygen atoms in total. The average Bonchev–Trinajstić information content (AvgIpc) is 2.46. The molecule has 19 heavy (non-hydrogen) atoms. The Morgan fingerprint density at radius 3 is 3.00 bits per heavy atom. The highest BCUT2D eigenvalue weighted by atomic mass is 16.5. The Kier molecular flexibility index (Phi) is 4.52. The summed E-state index contributed by atoms with van der Waals surface area (Å²) in [5.41, 5.74) is 4.58. The van der Waals surface area contributed by atoms with Crippen LogP contribution in [0.15, 0.2) is 18.2 Å². The zero-order valence-corrected chi connectivity index (χ0v) is 10.7. The molecule has 5 heteroatoms. The van der Waals surface area contributed by atoms with E-state index in [4.69, 9.17) is 5.21 Å². The van der Waals surface area contributed by atoms with E-state index in [9.17, 15) is 9.59 Å². The van der Waals surface area contributed by atoms with E-state index in [2.05, 4.69) is 5.32 Å². The number of hydrogen-bond donors (Lipinski definition) is 3. The highest BCUT2D eigenvalue weighted by Crippen LogP contribution is 2.28. The van der Waals surface area contributed by atoms with E-state index >= 15 is 0 Å². The summed E-state index contributed by atoms with van der Waals surface area (Å²) in [4.78, 5) is 21.6. The van der Waals surface area contributed by atoms with E-state index in [1.54, 1.807) is 11.5 Å². The highest BCUT2D eigenvalue weighted by molar-refractivity contribution is 5.93. The fourth-order valence-corrected chi connectivity index (χ4v) is 2.63. The third-order valence-electron chi connectivity index (χ3n) is 3.68. The predicted octanol–water partition coefficient (Wildman–Crippen LogP) is 1.05. The standard InChI is InChI=1S/C14H18N2O3/c17-9-15-6-5-10-1-2-11-3-4-12(14(18)16-19)8-13(11)7-10/h3-4,8-10,19H,1-2,5-7H2,(H,15,17)(H,16,18). The molecule has 2 rings (SSSR count). The summed E-state index contributed by atoms with van der Waals surface area (Å²) in [6.45, 7) is 0.695. The molecule has 0 aliphatic heterocycles. The Bertz CT molecular complexity index is 474. The molecule has 0 fully saturated rings. The lowest BCUT2D eigenvalue weighted by molar-refractivity contribution is -0.109. The normalized spacial score (nSPS) is 17.4. The van der Waals surface area contributed by atoms with Gasteiger partial charge in [-0.3, -0.25) is 14.8 Å². The van der Waals surface area contributed by atoms with E-state index in [0.717, 1.165) is 32.1 Å². The summed E-state index contributed by atoms with van der Waals surface area (Å²) in [7, 11) is 0. The molecule has 1 aliphatic carbocycles. The van der Waals surface area contributed by atoms with Gasteiger partial charge in [-0.2, -0.15) is 0 Å². The SMILES string of the molecule is O=CNCCC1CCc2ccc(C(=O)NO)cc2C1. The maximum absolute atomic E-state index is 11.4. The zero-order valence-electron chi connectivity index (χ0n) is 10.7. The first kappa shape index (κ1) is 13.5. The Labute approximate surface area is 112 Å². The minimum Gasteiger partial charge on any atom is -0.359 e. The van der Waals surface area contributed by atoms with Crippen molar-refractivity contribution >= 4 is 12.3 Å². The van der Waals surface area contributed by atoms with Crippen LogP contribution in [0.2, 0.25) is 0 Å². The van der Waals surface area contributed by atoms with Crippen molar-refractivity contribution in [2.75, 3.05) is 6.54 Å². The van der Waals surface area contributed by atoms with E-state index in [1.165, 1.54) is 11.1 Å². The first-order chi connectivity index (χ1) is 9.24. The molecule has 0 saturated heterocycles. The monoisotopic (exact) mass is 262 g/mol. The Morgan fingerprint density at radius 1 is 1.42 bits per heavy atom. The van der Waals surface area contributed by atoms with Gasteiger partial charge in [0.15, 0.2) is 0 Å². The first-order valence-electron chi connectivity index (χ1n) is 6.48. The van der Waals surface area contributed by atoms with Crippen molar-refractivity contribution < 1.29 is 14.8 Å². The van der Waals surface area contributed by atoms with Gasteiger partial charge in [0.25, 0.3) is 5.91 Å². The zero-order chi connectivity index (χ0) is 13.7. The van der Waals surface area contributed by atoms with E-state index in [1.807, 2.05) is 12.1 Å². The molecular formula is C14H18N2O3. The van der Waals surface area contributed by atoms with Crippen LogP contribution in [0.1, 0.15) is 34.3 Å². The second-order valence-corrected chi connectivity index (χ2v) is 4.89. The molecular weight excluding hydrogens is 244 g/mol. The molecule has 102 valence electrons. The highest BCUT2D eigenvalue weighted by Gasteiger charge is 2.19. The lowest BCUT2D eigenvalue weighted by Crippen LogP contribution is -2.22. The van der Waals surface area contributed by atoms with Crippen LogP contribution in [-0.2, 0) is 17.6 Å². The van der Waals surface area contributed by atoms with Crippen molar-refractivity contribution in [3.05, 3.63) is 34.9 Å². The number of rotatable bonds is 5. The fraction of sp³-hybridized carbons (Fsp3) is 0.429. The lowest BCUT2D eigenvalue weighted by atomic mass is 9.81. The molecule has 1 aromatic carbocycles. The van der Waals surface area contributed by atoms with Gasteiger partial charge in [-0.15, -0.1) is 0 Å². The maximum Gasteiger partial charge on any atom is 0.274 e. The van der Waals surface area contributed by atoms with E-state index in [0.29, 0.717) is 18.0 Å². The van der Waals surface area contributed by atoms with Crippen LogP contribution in [0.3, 0.4) is 0 Å². The third kappa shape index (κ3) is 3.32. The molecule has 1 aliphatic rings. The number of carbonyl (C=O) groups excluding carboxylic acids is 2. The second kappa shape index (κ2) is 6.33. The summed E-state index contributed by atoms with van der Waals surface area (Å²) < 4.78 is 0. The number of hydroxylamine groups is 1. The van der Waals surface area contributed by atoms with Gasteiger partial charge in [-0.25, -0.2) is 5.48 Å². The van der Waals surface area contributed by atoms with E-state index < -0.39 is 5.91 Å². The van der Waals surface area contributed by atoms with Crippen LogP contribution < -0.4 is 10.8 Å². The quantitative estimate of drug-likeness (QED) is 0.321. The van der Waals surface area contributed by atoms with Gasteiger partial charge in [-0.1, -0.05) is 6.07 Å². The molecule has 0 aromatic heterocycles. The topological polar surface area (TPSA) is 78.4 Å². The number of nitrogens with one attached hydrogen (secondary N) is 2. The fourth-order valence-electron chi connectivity index (χ4n) is 2.63. The number of fused-ring (bicyclic) bond motifs is 1. The summed E-state index contributed by atoms with van der Waals surface area (Å²) in [6, 6.07) is 5.54. The van der Waals surface area contributed by atoms with Gasteiger partial charge >= 0.3 is 0 Å². The van der Waals surface area contributed by atoms with Crippen molar-refractivity contribution in [2.24, 2.45) is 5.92 Å². The van der Waals surface area contributed by atoms with Gasteiger partial charge in [0.1, 0.15) is 0 Å². The number of carbonyl (C=O) groups is 2. The summed E-state index contributed by atoms with van der Waals surface area (Å²) >= 11 is 0. The van der Waals surface area contributed by atoms with Crippen LogP contribution >= 0.6 is 0 Å². The molecule has 1 atom stereocenters. The maximum atomic E-state index is 11.4. The van der Waals surface area contributed by atoms with E-state index in [-0.39, 0.29) is 0 Å². The van der Waals surface area contributed by atoms with Crippen molar-refractivity contribution in [1.29, 1.82) is 0 Å². The van der Waals surface area contributed by atoms with Gasteiger partial charge in [-0.05, 0) is 54.9 Å². The van der Waals surface area contributed by atoms with Crippen LogP contribution in [0.25, 0.3) is 0 Å². The molecule has 0 heterocycles. The molecule has 2 amide bonds. The van der Waals surface area contributed by atoms with Crippen LogP contribution in [0.5, 0.6) is 0 Å². The van der Waals surface area contributed by atoms with Crippen molar-refractivity contribution in [3.8, 4) is 0 Å². The smallest absolute Gasteiger partial charge is 0.274 e. The van der Waals surface area contributed by atoms with Gasteiger partial charge in [0.2, 0.25) is 6.41 Å². The molecule has 3 N–H and O–H groups in total. The molecule has 0 bridgehead atoms. The number of hydrogen-bond acceptors (Lipinski definition) is 3. The predicted molar refractivity (Wildman–Crippen MR) is 69.9 cm³/mol. The number of amides is 2. The third-order valence-corrected chi connectivity index (χ3v) is 3.68. The largest absolute Gasteiger partial charge is 0.359 e. The number of benzene rings is 1. The lowest BCUT2D eigenvalue weighted by Gasteiger charge is -2.24. The number of aryl methyl sites for hydroxylation is 1. The Balaban J connectivity index is 2.05. The van der Waals surface area contributed by atoms with Gasteiger partial charge in [0.05, 0.1) is 0 Å². The van der Waals surface area contributed by atoms with Crippen molar-refractivity contribution in [2.45, 2.75) is 25.7 Å². The molecule has 0 radical (unpaired) electrons. The molecule has 0 spiro atoms. The minimum absolute atomic E-state index is 0.479. The van der Waals surface area contributed by atoms with Crippen LogP contribution in [0.4, 0.5) is 0 Å². The van der Waals surface area contributed by atoms with Gasteiger partial charge < -0.3 is 5.32 Å². The molecule has 1 unspecified atom stereocenters. The Morgan fingerprint density at radius 2 is 2.26 bits per heavy atom.